The first-order valence-electron chi connectivity index (χ1n) is 7.48. The van der Waals surface area contributed by atoms with Crippen molar-refractivity contribution >= 4 is 16.8 Å². The first kappa shape index (κ1) is 14.2. The molecule has 0 saturated carbocycles. The minimum Gasteiger partial charge on any atom is -0.370 e. The summed E-state index contributed by atoms with van der Waals surface area (Å²) < 4.78 is 7.69. The minimum absolute atomic E-state index is 0.0898. The van der Waals surface area contributed by atoms with E-state index in [9.17, 15) is 4.79 Å². The smallest absolute Gasteiger partial charge is 0.165 e. The third kappa shape index (κ3) is 3.31. The molecule has 2 aromatic rings. The number of piperidine rings is 1. The Morgan fingerprint density at radius 3 is 2.90 bits per heavy atom. The standard InChI is InChI=1S/C16H21N3O2/c1-19-15-5-3-2-4-14(15)18-16(19)10-12(20)11-21-13-6-8-17-9-7-13/h2-5,13,17H,6-11H2,1H3. The lowest BCUT2D eigenvalue weighted by Crippen LogP contribution is -2.33. The third-order valence-corrected chi connectivity index (χ3v) is 4.00. The van der Waals surface area contributed by atoms with Gasteiger partial charge in [-0.05, 0) is 38.1 Å². The van der Waals surface area contributed by atoms with Crippen LogP contribution in [0.3, 0.4) is 0 Å². The summed E-state index contributed by atoms with van der Waals surface area (Å²) in [5.74, 6) is 0.891. The molecule has 2 heterocycles. The second-order valence-corrected chi connectivity index (χ2v) is 5.55. The highest BCUT2D eigenvalue weighted by Crippen LogP contribution is 2.15. The third-order valence-electron chi connectivity index (χ3n) is 4.00. The van der Waals surface area contributed by atoms with Crippen molar-refractivity contribution in [2.45, 2.75) is 25.4 Å². The fourth-order valence-corrected chi connectivity index (χ4v) is 2.75. The van der Waals surface area contributed by atoms with Gasteiger partial charge in [0.25, 0.3) is 0 Å². The maximum absolute atomic E-state index is 12.1. The molecule has 0 bridgehead atoms. The van der Waals surface area contributed by atoms with Gasteiger partial charge < -0.3 is 14.6 Å². The molecule has 1 aromatic heterocycles. The van der Waals surface area contributed by atoms with Gasteiger partial charge in [0.05, 0.1) is 23.6 Å². The van der Waals surface area contributed by atoms with Crippen molar-refractivity contribution in [3.8, 4) is 0 Å². The second-order valence-electron chi connectivity index (χ2n) is 5.55. The molecule has 0 amide bonds. The average molecular weight is 287 g/mol. The number of aromatic nitrogens is 2. The van der Waals surface area contributed by atoms with Crippen LogP contribution < -0.4 is 5.32 Å². The highest BCUT2D eigenvalue weighted by molar-refractivity contribution is 5.83. The van der Waals surface area contributed by atoms with E-state index in [1.54, 1.807) is 0 Å². The number of Topliss-reactive ketones (excluding diaryl/α,β-unsaturated/α-hetero) is 1. The van der Waals surface area contributed by atoms with Crippen molar-refractivity contribution in [1.82, 2.24) is 14.9 Å². The molecule has 1 fully saturated rings. The van der Waals surface area contributed by atoms with E-state index in [1.807, 2.05) is 35.9 Å². The first-order chi connectivity index (χ1) is 10.2. The number of benzene rings is 1. The van der Waals surface area contributed by atoms with Gasteiger partial charge in [-0.3, -0.25) is 4.79 Å². The number of ketones is 1. The van der Waals surface area contributed by atoms with Crippen LogP contribution in [0.25, 0.3) is 11.0 Å². The Bertz CT molecular complexity index is 629. The number of aryl methyl sites for hydroxylation is 1. The van der Waals surface area contributed by atoms with Crippen LogP contribution in [0.5, 0.6) is 0 Å². The summed E-state index contributed by atoms with van der Waals surface area (Å²) in [5.41, 5.74) is 1.99. The summed E-state index contributed by atoms with van der Waals surface area (Å²) in [6.45, 7) is 2.14. The van der Waals surface area contributed by atoms with Crippen molar-refractivity contribution < 1.29 is 9.53 Å². The van der Waals surface area contributed by atoms with Gasteiger partial charge in [0.15, 0.2) is 5.78 Å². The predicted molar refractivity (Wildman–Crippen MR) is 81.3 cm³/mol. The molecule has 1 aliphatic rings. The molecule has 5 heteroatoms. The van der Waals surface area contributed by atoms with Gasteiger partial charge >= 0.3 is 0 Å². The Hall–Kier alpha value is -1.72. The molecule has 0 aliphatic carbocycles. The quantitative estimate of drug-likeness (QED) is 0.904. The maximum atomic E-state index is 12.1. The number of fused-ring (bicyclic) bond motifs is 1. The van der Waals surface area contributed by atoms with Gasteiger partial charge in [-0.15, -0.1) is 0 Å². The van der Waals surface area contributed by atoms with Crippen molar-refractivity contribution in [1.29, 1.82) is 0 Å². The molecule has 5 nitrogen and oxygen atoms in total. The fourth-order valence-electron chi connectivity index (χ4n) is 2.75. The normalized spacial score (nSPS) is 16.4. The van der Waals surface area contributed by atoms with Crippen LogP contribution in [0, 0.1) is 0 Å². The Morgan fingerprint density at radius 1 is 1.38 bits per heavy atom. The summed E-state index contributed by atoms with van der Waals surface area (Å²) in [7, 11) is 1.95. The molecule has 1 N–H and O–H groups in total. The van der Waals surface area contributed by atoms with Crippen molar-refractivity contribution in [3.05, 3.63) is 30.1 Å². The van der Waals surface area contributed by atoms with E-state index in [-0.39, 0.29) is 18.5 Å². The molecular formula is C16H21N3O2. The number of hydrogen-bond acceptors (Lipinski definition) is 4. The zero-order valence-corrected chi connectivity index (χ0v) is 12.3. The lowest BCUT2D eigenvalue weighted by atomic mass is 10.1. The van der Waals surface area contributed by atoms with Gasteiger partial charge in [-0.25, -0.2) is 4.98 Å². The number of imidazole rings is 1. The zero-order chi connectivity index (χ0) is 14.7. The van der Waals surface area contributed by atoms with Crippen LogP contribution >= 0.6 is 0 Å². The molecule has 1 saturated heterocycles. The van der Waals surface area contributed by atoms with Crippen molar-refractivity contribution in [2.24, 2.45) is 7.05 Å². The number of carbonyl (C=O) groups is 1. The van der Waals surface area contributed by atoms with Crippen molar-refractivity contribution in [2.75, 3.05) is 19.7 Å². The fraction of sp³-hybridized carbons (Fsp3) is 0.500. The summed E-state index contributed by atoms with van der Waals surface area (Å²) in [6.07, 6.45) is 2.52. The SMILES string of the molecule is Cn1c(CC(=O)COC2CCNCC2)nc2ccccc21. The molecule has 1 aromatic carbocycles. The number of hydrogen-bond donors (Lipinski definition) is 1. The molecule has 0 radical (unpaired) electrons. The van der Waals surface area contributed by atoms with Crippen LogP contribution in [-0.2, 0) is 23.0 Å². The number of rotatable bonds is 5. The molecule has 0 spiro atoms. The van der Waals surface area contributed by atoms with Crippen molar-refractivity contribution in [3.63, 3.8) is 0 Å². The molecule has 1 aliphatic heterocycles. The Kier molecular flexibility index (Phi) is 4.31. The summed E-state index contributed by atoms with van der Waals surface area (Å²) in [5, 5.41) is 3.29. The van der Waals surface area contributed by atoms with Crippen LogP contribution in [0.2, 0.25) is 0 Å². The van der Waals surface area contributed by atoms with E-state index >= 15 is 0 Å². The van der Waals surface area contributed by atoms with Crippen LogP contribution in [0.1, 0.15) is 18.7 Å². The largest absolute Gasteiger partial charge is 0.370 e. The van der Waals surface area contributed by atoms with Gasteiger partial charge in [-0.2, -0.15) is 0 Å². The molecule has 21 heavy (non-hydrogen) atoms. The predicted octanol–water partition coefficient (Wildman–Crippen LogP) is 1.45. The van der Waals surface area contributed by atoms with E-state index in [1.165, 1.54) is 0 Å². The average Bonchev–Trinajstić information content (AvgIpc) is 2.83. The van der Waals surface area contributed by atoms with E-state index in [4.69, 9.17) is 4.74 Å². The number of ether oxygens (including phenoxy) is 1. The summed E-state index contributed by atoms with van der Waals surface area (Å²) in [6, 6.07) is 7.92. The summed E-state index contributed by atoms with van der Waals surface area (Å²) >= 11 is 0. The van der Waals surface area contributed by atoms with Crippen LogP contribution in [-0.4, -0.2) is 41.1 Å². The van der Waals surface area contributed by atoms with Crippen LogP contribution in [0.4, 0.5) is 0 Å². The van der Waals surface area contributed by atoms with E-state index < -0.39 is 0 Å². The Balaban J connectivity index is 1.59. The number of nitrogens with one attached hydrogen (secondary N) is 1. The summed E-state index contributed by atoms with van der Waals surface area (Å²) in [4.78, 5) is 16.6. The molecule has 112 valence electrons. The first-order valence-corrected chi connectivity index (χ1v) is 7.48. The molecule has 3 rings (SSSR count). The van der Waals surface area contributed by atoms with E-state index in [0.717, 1.165) is 42.8 Å². The second kappa shape index (κ2) is 6.37. The van der Waals surface area contributed by atoms with Crippen LogP contribution in [0.15, 0.2) is 24.3 Å². The minimum atomic E-state index is 0.0898. The van der Waals surface area contributed by atoms with E-state index in [0.29, 0.717) is 6.42 Å². The molecule has 0 unspecified atom stereocenters. The van der Waals surface area contributed by atoms with Gasteiger partial charge in [0.2, 0.25) is 0 Å². The van der Waals surface area contributed by atoms with Gasteiger partial charge in [-0.1, -0.05) is 12.1 Å². The van der Waals surface area contributed by atoms with E-state index in [2.05, 4.69) is 10.3 Å². The zero-order valence-electron chi connectivity index (χ0n) is 12.3. The highest BCUT2D eigenvalue weighted by atomic mass is 16.5. The molecular weight excluding hydrogens is 266 g/mol. The monoisotopic (exact) mass is 287 g/mol. The highest BCUT2D eigenvalue weighted by Gasteiger charge is 2.16. The number of nitrogens with zero attached hydrogens (tertiary/aromatic N) is 2. The number of para-hydroxylation sites is 2. The Morgan fingerprint density at radius 2 is 2.14 bits per heavy atom. The lowest BCUT2D eigenvalue weighted by molar-refractivity contribution is -0.125. The topological polar surface area (TPSA) is 56.1 Å². The Labute approximate surface area is 124 Å². The van der Waals surface area contributed by atoms with Gasteiger partial charge in [0, 0.05) is 7.05 Å². The van der Waals surface area contributed by atoms with Gasteiger partial charge in [0.1, 0.15) is 12.4 Å². The lowest BCUT2D eigenvalue weighted by Gasteiger charge is -2.22. The number of carbonyl (C=O) groups excluding carboxylic acids is 1. The molecule has 0 atom stereocenters. The maximum Gasteiger partial charge on any atom is 0.165 e.